The fourth-order valence-corrected chi connectivity index (χ4v) is 4.50. The van der Waals surface area contributed by atoms with Crippen molar-refractivity contribution in [2.24, 2.45) is 5.92 Å². The first-order chi connectivity index (χ1) is 15.3. The zero-order valence-electron chi connectivity index (χ0n) is 18.0. The molecule has 0 saturated heterocycles. The van der Waals surface area contributed by atoms with Gasteiger partial charge in [-0.2, -0.15) is 0 Å². The smallest absolute Gasteiger partial charge is 0.231 e. The van der Waals surface area contributed by atoms with Crippen molar-refractivity contribution in [3.8, 4) is 11.4 Å². The van der Waals surface area contributed by atoms with Crippen LogP contribution in [-0.4, -0.2) is 38.2 Å². The van der Waals surface area contributed by atoms with Gasteiger partial charge in [-0.05, 0) is 36.6 Å². The van der Waals surface area contributed by atoms with Crippen LogP contribution in [0.1, 0.15) is 26.3 Å². The Kier molecular flexibility index (Phi) is 8.34. The Balaban J connectivity index is 1.86. The van der Waals surface area contributed by atoms with Crippen LogP contribution < -0.4 is 5.32 Å². The maximum absolute atomic E-state index is 12.5. The Morgan fingerprint density at radius 3 is 2.44 bits per heavy atom. The number of hydrogen-bond acceptors (Lipinski definition) is 5. The topological polar surface area (TPSA) is 76.9 Å². The third-order valence-corrected chi connectivity index (χ3v) is 6.34. The molecule has 1 heterocycles. The molecule has 0 aliphatic heterocycles. The maximum Gasteiger partial charge on any atom is 0.231 e. The van der Waals surface area contributed by atoms with Crippen molar-refractivity contribution in [3.05, 3.63) is 64.1 Å². The molecule has 1 amide bonds. The van der Waals surface area contributed by atoms with Crippen LogP contribution in [0, 0.1) is 5.92 Å². The number of rotatable bonds is 9. The van der Waals surface area contributed by atoms with E-state index in [2.05, 4.69) is 15.5 Å². The molecule has 0 saturated carbocycles. The molecule has 2 aromatic carbocycles. The van der Waals surface area contributed by atoms with Gasteiger partial charge in [0.1, 0.15) is 0 Å². The van der Waals surface area contributed by atoms with Crippen LogP contribution in [0.3, 0.4) is 0 Å². The van der Waals surface area contributed by atoms with Gasteiger partial charge in [-0.15, -0.1) is 10.2 Å². The fraction of sp³-hybridized carbons (Fsp3) is 0.304. The van der Waals surface area contributed by atoms with Gasteiger partial charge >= 0.3 is 0 Å². The molecule has 6 nitrogen and oxygen atoms in total. The Morgan fingerprint density at radius 1 is 1.09 bits per heavy atom. The number of ketones is 1. The zero-order valence-corrected chi connectivity index (χ0v) is 20.3. The van der Waals surface area contributed by atoms with Crippen molar-refractivity contribution in [3.63, 3.8) is 0 Å². The van der Waals surface area contributed by atoms with Crippen molar-refractivity contribution in [1.82, 2.24) is 20.1 Å². The van der Waals surface area contributed by atoms with Crippen LogP contribution in [0.5, 0.6) is 0 Å². The summed E-state index contributed by atoms with van der Waals surface area (Å²) in [7, 11) is 0. The lowest BCUT2D eigenvalue weighted by Gasteiger charge is -2.19. The largest absolute Gasteiger partial charge is 0.345 e. The highest BCUT2D eigenvalue weighted by Crippen LogP contribution is 2.32. The standard InChI is InChI=1S/C23H24Cl2N4O2S/c1-14(2)21(15(3)30)26-20(31)13-32-23-28-27-22(18-10-9-17(24)11-19(18)25)29(23)12-16-7-5-4-6-8-16/h4-11,14,21H,12-13H2,1-3H3,(H,26,31). The zero-order chi connectivity index (χ0) is 23.3. The summed E-state index contributed by atoms with van der Waals surface area (Å²) >= 11 is 13.7. The Labute approximate surface area is 201 Å². The fourth-order valence-electron chi connectivity index (χ4n) is 3.26. The second-order valence-electron chi connectivity index (χ2n) is 7.69. The van der Waals surface area contributed by atoms with E-state index >= 15 is 0 Å². The van der Waals surface area contributed by atoms with Crippen LogP contribution in [0.2, 0.25) is 10.0 Å². The lowest BCUT2D eigenvalue weighted by atomic mass is 10.0. The van der Waals surface area contributed by atoms with Gasteiger partial charge in [0.05, 0.1) is 23.4 Å². The normalized spacial score (nSPS) is 12.1. The molecule has 0 aliphatic rings. The summed E-state index contributed by atoms with van der Waals surface area (Å²) in [5, 5.41) is 13.0. The lowest BCUT2D eigenvalue weighted by molar-refractivity contribution is -0.126. The molecule has 168 valence electrons. The minimum Gasteiger partial charge on any atom is -0.345 e. The lowest BCUT2D eigenvalue weighted by Crippen LogP contribution is -2.44. The predicted octanol–water partition coefficient (Wildman–Crippen LogP) is 5.12. The van der Waals surface area contributed by atoms with Gasteiger partial charge in [0, 0.05) is 10.6 Å². The van der Waals surface area contributed by atoms with Gasteiger partial charge in [-0.1, -0.05) is 79.1 Å². The summed E-state index contributed by atoms with van der Waals surface area (Å²) in [6, 6.07) is 14.6. The highest BCUT2D eigenvalue weighted by molar-refractivity contribution is 7.99. The van der Waals surface area contributed by atoms with E-state index in [0.29, 0.717) is 33.1 Å². The molecule has 1 N–H and O–H groups in total. The quantitative estimate of drug-likeness (QED) is 0.421. The number of carbonyl (C=O) groups excluding carboxylic acids is 2. The minimum atomic E-state index is -0.506. The summed E-state index contributed by atoms with van der Waals surface area (Å²) in [6.07, 6.45) is 0. The average Bonchev–Trinajstić information content (AvgIpc) is 3.13. The molecule has 0 radical (unpaired) electrons. The molecule has 0 fully saturated rings. The third kappa shape index (κ3) is 6.12. The van der Waals surface area contributed by atoms with E-state index < -0.39 is 6.04 Å². The summed E-state index contributed by atoms with van der Waals surface area (Å²) < 4.78 is 1.92. The monoisotopic (exact) mass is 490 g/mol. The number of Topliss-reactive ketones (excluding diaryl/α,β-unsaturated/α-hetero) is 1. The van der Waals surface area contributed by atoms with Crippen LogP contribution >= 0.6 is 35.0 Å². The van der Waals surface area contributed by atoms with E-state index in [1.165, 1.54) is 18.7 Å². The SMILES string of the molecule is CC(=O)C(NC(=O)CSc1nnc(-c2ccc(Cl)cc2Cl)n1Cc1ccccc1)C(C)C. The van der Waals surface area contributed by atoms with Crippen LogP contribution in [-0.2, 0) is 16.1 Å². The maximum atomic E-state index is 12.5. The molecule has 32 heavy (non-hydrogen) atoms. The van der Waals surface area contributed by atoms with Gasteiger partial charge in [-0.3, -0.25) is 14.2 Å². The van der Waals surface area contributed by atoms with Crippen molar-refractivity contribution in [2.75, 3.05) is 5.75 Å². The van der Waals surface area contributed by atoms with Crippen LogP contribution in [0.25, 0.3) is 11.4 Å². The van der Waals surface area contributed by atoms with E-state index in [-0.39, 0.29) is 23.4 Å². The Morgan fingerprint density at radius 2 is 1.81 bits per heavy atom. The molecule has 0 bridgehead atoms. The number of thioether (sulfide) groups is 1. The van der Waals surface area contributed by atoms with Crippen molar-refractivity contribution in [1.29, 1.82) is 0 Å². The van der Waals surface area contributed by atoms with Crippen LogP contribution in [0.4, 0.5) is 0 Å². The first kappa shape index (κ1) is 24.3. The number of carbonyl (C=O) groups is 2. The van der Waals surface area contributed by atoms with E-state index in [1.807, 2.05) is 48.7 Å². The summed E-state index contributed by atoms with van der Waals surface area (Å²) in [4.78, 5) is 24.3. The van der Waals surface area contributed by atoms with Crippen molar-refractivity contribution in [2.45, 2.75) is 38.5 Å². The molecule has 3 aromatic rings. The molecule has 3 rings (SSSR count). The first-order valence-electron chi connectivity index (χ1n) is 10.1. The van der Waals surface area contributed by atoms with Crippen LogP contribution in [0.15, 0.2) is 53.7 Å². The number of hydrogen-bond donors (Lipinski definition) is 1. The first-order valence-corrected chi connectivity index (χ1v) is 11.9. The van der Waals surface area contributed by atoms with E-state index in [9.17, 15) is 9.59 Å². The molecular formula is C23H24Cl2N4O2S. The second-order valence-corrected chi connectivity index (χ2v) is 9.48. The molecule has 1 aromatic heterocycles. The number of nitrogens with zero attached hydrogens (tertiary/aromatic N) is 3. The Bertz CT molecular complexity index is 1100. The number of nitrogens with one attached hydrogen (secondary N) is 1. The summed E-state index contributed by atoms with van der Waals surface area (Å²) in [5.41, 5.74) is 1.76. The highest BCUT2D eigenvalue weighted by Gasteiger charge is 2.22. The van der Waals surface area contributed by atoms with Crippen molar-refractivity contribution < 1.29 is 9.59 Å². The van der Waals surface area contributed by atoms with Gasteiger partial charge < -0.3 is 5.32 Å². The van der Waals surface area contributed by atoms with E-state index in [1.54, 1.807) is 18.2 Å². The molecule has 1 unspecified atom stereocenters. The Hall–Kier alpha value is -2.35. The molecule has 0 aliphatic carbocycles. The van der Waals surface area contributed by atoms with E-state index in [0.717, 1.165) is 5.56 Å². The summed E-state index contributed by atoms with van der Waals surface area (Å²) in [5.74, 6) is 0.413. The second kappa shape index (κ2) is 11.0. The molecule has 9 heteroatoms. The van der Waals surface area contributed by atoms with Gasteiger partial charge in [0.2, 0.25) is 5.91 Å². The van der Waals surface area contributed by atoms with E-state index in [4.69, 9.17) is 23.2 Å². The average molecular weight is 491 g/mol. The predicted molar refractivity (Wildman–Crippen MR) is 129 cm³/mol. The number of benzene rings is 2. The molecule has 1 atom stereocenters. The molecule has 0 spiro atoms. The van der Waals surface area contributed by atoms with Gasteiger partial charge in [0.25, 0.3) is 0 Å². The summed E-state index contributed by atoms with van der Waals surface area (Å²) in [6.45, 7) is 5.79. The number of aromatic nitrogens is 3. The number of amides is 1. The third-order valence-electron chi connectivity index (χ3n) is 4.83. The minimum absolute atomic E-state index is 0.0156. The van der Waals surface area contributed by atoms with Gasteiger partial charge in [-0.25, -0.2) is 0 Å². The highest BCUT2D eigenvalue weighted by atomic mass is 35.5. The van der Waals surface area contributed by atoms with Crippen molar-refractivity contribution >= 4 is 46.7 Å². The molecular weight excluding hydrogens is 467 g/mol. The number of halogens is 2. The van der Waals surface area contributed by atoms with Gasteiger partial charge in [0.15, 0.2) is 16.8 Å².